The zero-order valence-electron chi connectivity index (χ0n) is 18.1. The van der Waals surface area contributed by atoms with Gasteiger partial charge in [-0.25, -0.2) is 0 Å². The van der Waals surface area contributed by atoms with Crippen molar-refractivity contribution in [2.45, 2.75) is 107 Å². The lowest BCUT2D eigenvalue weighted by Crippen LogP contribution is -2.65. The number of hydrogen-bond acceptors (Lipinski definition) is 12. The monoisotopic (exact) mass is 468 g/mol. The lowest BCUT2D eigenvalue weighted by atomic mass is 9.97. The molecule has 0 radical (unpaired) electrons. The van der Waals surface area contributed by atoms with Gasteiger partial charge in [-0.15, -0.1) is 0 Å². The van der Waals surface area contributed by atoms with Crippen LogP contribution in [0.5, 0.6) is 0 Å². The van der Waals surface area contributed by atoms with Crippen molar-refractivity contribution in [1.82, 2.24) is 0 Å². The molecule has 7 N–H and O–H groups in total. The van der Waals surface area contributed by atoms with E-state index in [1.54, 1.807) is 0 Å². The number of carbonyl (C=O) groups excluding carboxylic acids is 1. The Labute approximate surface area is 186 Å². The molecule has 12 nitrogen and oxygen atoms in total. The molecule has 0 spiro atoms. The van der Waals surface area contributed by atoms with Crippen molar-refractivity contribution in [3.05, 3.63) is 0 Å². The Morgan fingerprint density at radius 3 is 2.03 bits per heavy atom. The molecule has 12 heteroatoms. The van der Waals surface area contributed by atoms with E-state index in [0.717, 1.165) is 25.7 Å². The molecule has 0 aromatic carbocycles. The molecule has 0 bridgehead atoms. The third kappa shape index (κ3) is 6.79. The maximum atomic E-state index is 12.3. The fourth-order valence-electron chi connectivity index (χ4n) is 3.76. The van der Waals surface area contributed by atoms with Crippen LogP contribution < -0.4 is 0 Å². The normalized spacial score (nSPS) is 40.2. The summed E-state index contributed by atoms with van der Waals surface area (Å²) in [5, 5.41) is 69.4. The average Bonchev–Trinajstić information content (AvgIpc) is 2.78. The zero-order chi connectivity index (χ0) is 23.8. The van der Waals surface area contributed by atoms with E-state index in [4.69, 9.17) is 18.9 Å². The lowest BCUT2D eigenvalue weighted by molar-refractivity contribution is -0.355. The van der Waals surface area contributed by atoms with E-state index < -0.39 is 80.6 Å². The van der Waals surface area contributed by atoms with E-state index in [-0.39, 0.29) is 6.42 Å². The molecule has 188 valence electrons. The van der Waals surface area contributed by atoms with Crippen molar-refractivity contribution in [3.8, 4) is 0 Å². The summed E-state index contributed by atoms with van der Waals surface area (Å²) in [6.45, 7) is 0.679. The molecule has 0 unspecified atom stereocenters. The van der Waals surface area contributed by atoms with Gasteiger partial charge in [0.05, 0.1) is 13.2 Å². The SMILES string of the molecule is CCCCCCCC(=O)O[C@H]1[C@H](O[C@H]2[C@H](O)[C@@H](O)[C@H](O)O[C@@H]2CO)O[C@H](CO)[C@H](O)[C@@H]1O. The van der Waals surface area contributed by atoms with Crippen LogP contribution in [0, 0.1) is 0 Å². The van der Waals surface area contributed by atoms with E-state index in [1.165, 1.54) is 0 Å². The molecule has 2 fully saturated rings. The summed E-state index contributed by atoms with van der Waals surface area (Å²) in [6, 6.07) is 0. The van der Waals surface area contributed by atoms with Crippen LogP contribution in [0.2, 0.25) is 0 Å². The number of aliphatic hydroxyl groups excluding tert-OH is 7. The van der Waals surface area contributed by atoms with Crippen LogP contribution in [0.15, 0.2) is 0 Å². The number of unbranched alkanes of at least 4 members (excludes halogenated alkanes) is 4. The largest absolute Gasteiger partial charge is 0.454 e. The van der Waals surface area contributed by atoms with Gasteiger partial charge in [-0.05, 0) is 6.42 Å². The van der Waals surface area contributed by atoms with Crippen LogP contribution in [-0.2, 0) is 23.7 Å². The molecular weight excluding hydrogens is 432 g/mol. The molecule has 32 heavy (non-hydrogen) atoms. The Bertz CT molecular complexity index is 561. The Morgan fingerprint density at radius 1 is 0.781 bits per heavy atom. The number of carbonyl (C=O) groups is 1. The van der Waals surface area contributed by atoms with Crippen molar-refractivity contribution in [1.29, 1.82) is 0 Å². The fraction of sp³-hybridized carbons (Fsp3) is 0.950. The number of rotatable bonds is 11. The first-order chi connectivity index (χ1) is 15.2. The first-order valence-corrected chi connectivity index (χ1v) is 11.0. The smallest absolute Gasteiger partial charge is 0.306 e. The van der Waals surface area contributed by atoms with Crippen LogP contribution in [0.1, 0.15) is 45.4 Å². The molecule has 0 aliphatic carbocycles. The van der Waals surface area contributed by atoms with E-state index >= 15 is 0 Å². The Balaban J connectivity index is 2.10. The maximum absolute atomic E-state index is 12.3. The summed E-state index contributed by atoms with van der Waals surface area (Å²) < 4.78 is 21.4. The number of aliphatic hydroxyl groups is 7. The minimum absolute atomic E-state index is 0.0680. The molecule has 0 aromatic heterocycles. The van der Waals surface area contributed by atoms with Crippen LogP contribution in [0.4, 0.5) is 0 Å². The number of hydrogen-bond donors (Lipinski definition) is 7. The van der Waals surface area contributed by atoms with Crippen LogP contribution in [-0.4, -0.2) is 116 Å². The molecule has 2 aliphatic heterocycles. The summed E-state index contributed by atoms with van der Waals surface area (Å²) in [7, 11) is 0. The van der Waals surface area contributed by atoms with Crippen LogP contribution >= 0.6 is 0 Å². The summed E-state index contributed by atoms with van der Waals surface area (Å²) in [5.41, 5.74) is 0. The minimum atomic E-state index is -1.77. The second-order valence-electron chi connectivity index (χ2n) is 8.15. The van der Waals surface area contributed by atoms with Crippen molar-refractivity contribution in [2.75, 3.05) is 13.2 Å². The molecule has 0 aromatic rings. The highest BCUT2D eigenvalue weighted by molar-refractivity contribution is 5.69. The highest BCUT2D eigenvalue weighted by atomic mass is 16.7. The van der Waals surface area contributed by atoms with E-state index in [0.29, 0.717) is 6.42 Å². The van der Waals surface area contributed by atoms with Crippen molar-refractivity contribution in [2.24, 2.45) is 0 Å². The molecular formula is C20H36O12. The van der Waals surface area contributed by atoms with Crippen molar-refractivity contribution in [3.63, 3.8) is 0 Å². The molecule has 2 rings (SSSR count). The maximum Gasteiger partial charge on any atom is 0.306 e. The quantitative estimate of drug-likeness (QED) is 0.125. The van der Waals surface area contributed by atoms with Gasteiger partial charge < -0.3 is 54.7 Å². The second kappa shape index (κ2) is 13.1. The van der Waals surface area contributed by atoms with E-state index in [2.05, 4.69) is 6.92 Å². The Kier molecular flexibility index (Phi) is 11.2. The highest BCUT2D eigenvalue weighted by Gasteiger charge is 2.51. The predicted octanol–water partition coefficient (Wildman–Crippen LogP) is -2.49. The third-order valence-electron chi connectivity index (χ3n) is 5.71. The Hall–Kier alpha value is -0.930. The van der Waals surface area contributed by atoms with Gasteiger partial charge in [0.2, 0.25) is 0 Å². The van der Waals surface area contributed by atoms with Gasteiger partial charge in [-0.1, -0.05) is 32.6 Å². The van der Waals surface area contributed by atoms with Gasteiger partial charge in [0.25, 0.3) is 0 Å². The van der Waals surface area contributed by atoms with Gasteiger partial charge in [0, 0.05) is 6.42 Å². The molecule has 2 aliphatic rings. The van der Waals surface area contributed by atoms with E-state index in [1.807, 2.05) is 0 Å². The van der Waals surface area contributed by atoms with Gasteiger partial charge in [0.1, 0.15) is 42.7 Å². The molecule has 0 amide bonds. The Morgan fingerprint density at radius 2 is 1.41 bits per heavy atom. The molecule has 2 saturated heterocycles. The predicted molar refractivity (Wildman–Crippen MR) is 106 cm³/mol. The second-order valence-corrected chi connectivity index (χ2v) is 8.15. The molecule has 0 saturated carbocycles. The van der Waals surface area contributed by atoms with Gasteiger partial charge in [-0.3, -0.25) is 4.79 Å². The standard InChI is InChI=1S/C20H36O12/c1-2-3-4-5-6-7-12(23)31-18-14(25)13(24)10(8-21)30-20(18)32-17-11(9-22)29-19(28)16(27)15(17)26/h10-11,13-22,24-28H,2-9H2,1H3/t10-,11-,13+,14+,15-,16-,17-,18-,19-,20+/m1/s1. The van der Waals surface area contributed by atoms with Crippen LogP contribution in [0.25, 0.3) is 0 Å². The summed E-state index contributed by atoms with van der Waals surface area (Å²) >= 11 is 0. The highest BCUT2D eigenvalue weighted by Crippen LogP contribution is 2.30. The van der Waals surface area contributed by atoms with Crippen molar-refractivity contribution < 1.29 is 59.5 Å². The zero-order valence-corrected chi connectivity index (χ0v) is 18.1. The van der Waals surface area contributed by atoms with E-state index in [9.17, 15) is 40.5 Å². The molecule has 10 atom stereocenters. The summed E-state index contributed by atoms with van der Waals surface area (Å²) in [5.74, 6) is -0.660. The molecule has 2 heterocycles. The number of esters is 1. The fourth-order valence-corrected chi connectivity index (χ4v) is 3.76. The number of ether oxygens (including phenoxy) is 4. The average molecular weight is 468 g/mol. The minimum Gasteiger partial charge on any atom is -0.454 e. The van der Waals surface area contributed by atoms with Gasteiger partial charge in [-0.2, -0.15) is 0 Å². The topological polar surface area (TPSA) is 196 Å². The van der Waals surface area contributed by atoms with Crippen molar-refractivity contribution >= 4 is 5.97 Å². The van der Waals surface area contributed by atoms with Gasteiger partial charge in [0.15, 0.2) is 18.7 Å². The first kappa shape index (κ1) is 27.3. The van der Waals surface area contributed by atoms with Gasteiger partial charge >= 0.3 is 5.97 Å². The summed E-state index contributed by atoms with van der Waals surface area (Å²) in [6.07, 6.45) is -11.1. The van der Waals surface area contributed by atoms with Crippen LogP contribution in [0.3, 0.4) is 0 Å². The lowest BCUT2D eigenvalue weighted by Gasteiger charge is -2.46. The first-order valence-electron chi connectivity index (χ1n) is 11.0. The summed E-state index contributed by atoms with van der Waals surface area (Å²) in [4.78, 5) is 12.3. The third-order valence-corrected chi connectivity index (χ3v) is 5.71.